The summed E-state index contributed by atoms with van der Waals surface area (Å²) in [5.74, 6) is 1.71. The summed E-state index contributed by atoms with van der Waals surface area (Å²) in [6, 6.07) is 10.4. The van der Waals surface area contributed by atoms with Crippen LogP contribution >= 0.6 is 0 Å². The van der Waals surface area contributed by atoms with Crippen molar-refractivity contribution in [2.45, 2.75) is 26.3 Å². The smallest absolute Gasteiger partial charge is 0.191 e. The highest BCUT2D eigenvalue weighted by Crippen LogP contribution is 2.07. The lowest BCUT2D eigenvalue weighted by molar-refractivity contribution is 0.255. The molecular formula is C17H30N4O. The molecule has 1 rings (SSSR count). The summed E-state index contributed by atoms with van der Waals surface area (Å²) >= 11 is 0. The molecular weight excluding hydrogens is 276 g/mol. The van der Waals surface area contributed by atoms with Gasteiger partial charge in [-0.05, 0) is 32.5 Å². The van der Waals surface area contributed by atoms with Crippen LogP contribution in [0.25, 0.3) is 0 Å². The van der Waals surface area contributed by atoms with E-state index in [1.807, 2.05) is 30.3 Å². The van der Waals surface area contributed by atoms with Crippen molar-refractivity contribution in [2.75, 3.05) is 40.3 Å². The first-order chi connectivity index (χ1) is 10.7. The largest absolute Gasteiger partial charge is 0.492 e. The second-order valence-corrected chi connectivity index (χ2v) is 5.33. The molecule has 0 radical (unpaired) electrons. The highest BCUT2D eigenvalue weighted by atomic mass is 16.5. The molecule has 1 aromatic carbocycles. The minimum Gasteiger partial charge on any atom is -0.492 e. The first kappa shape index (κ1) is 18.3. The van der Waals surface area contributed by atoms with Crippen LogP contribution in [0.1, 0.15) is 20.3 Å². The predicted octanol–water partition coefficient (Wildman–Crippen LogP) is 1.96. The minimum atomic E-state index is 0.607. The van der Waals surface area contributed by atoms with Crippen LogP contribution in [0.4, 0.5) is 0 Å². The number of ether oxygens (including phenoxy) is 1. The normalized spacial score (nSPS) is 13.0. The van der Waals surface area contributed by atoms with E-state index in [0.717, 1.165) is 31.3 Å². The third-order valence-corrected chi connectivity index (χ3v) is 3.73. The van der Waals surface area contributed by atoms with Gasteiger partial charge in [0.25, 0.3) is 0 Å². The zero-order chi connectivity index (χ0) is 16.2. The average Bonchev–Trinajstić information content (AvgIpc) is 2.56. The van der Waals surface area contributed by atoms with Crippen molar-refractivity contribution in [3.05, 3.63) is 30.3 Å². The van der Waals surface area contributed by atoms with Crippen molar-refractivity contribution in [3.63, 3.8) is 0 Å². The molecule has 0 bridgehead atoms. The molecule has 1 unspecified atom stereocenters. The van der Waals surface area contributed by atoms with Crippen LogP contribution in [0, 0.1) is 0 Å². The summed E-state index contributed by atoms with van der Waals surface area (Å²) < 4.78 is 5.64. The van der Waals surface area contributed by atoms with Crippen LogP contribution in [0.2, 0.25) is 0 Å². The number of aliphatic imine (C=N–C) groups is 1. The number of guanidine groups is 1. The van der Waals surface area contributed by atoms with E-state index in [9.17, 15) is 0 Å². The highest BCUT2D eigenvalue weighted by Gasteiger charge is 2.06. The Morgan fingerprint density at radius 2 is 1.91 bits per heavy atom. The number of rotatable bonds is 9. The molecule has 124 valence electrons. The quantitative estimate of drug-likeness (QED) is 0.416. The van der Waals surface area contributed by atoms with Gasteiger partial charge in [0.15, 0.2) is 5.96 Å². The Labute approximate surface area is 134 Å². The van der Waals surface area contributed by atoms with E-state index in [2.05, 4.69) is 41.4 Å². The second-order valence-electron chi connectivity index (χ2n) is 5.33. The fraction of sp³-hybridized carbons (Fsp3) is 0.588. The maximum atomic E-state index is 5.64. The molecule has 22 heavy (non-hydrogen) atoms. The van der Waals surface area contributed by atoms with Crippen LogP contribution in [-0.2, 0) is 0 Å². The summed E-state index contributed by atoms with van der Waals surface area (Å²) in [5.41, 5.74) is 0. The van der Waals surface area contributed by atoms with Crippen molar-refractivity contribution in [1.29, 1.82) is 0 Å². The van der Waals surface area contributed by atoms with Gasteiger partial charge in [-0.25, -0.2) is 0 Å². The molecule has 1 atom stereocenters. The van der Waals surface area contributed by atoms with E-state index in [4.69, 9.17) is 4.74 Å². The Hall–Kier alpha value is -1.75. The van der Waals surface area contributed by atoms with E-state index in [1.54, 1.807) is 7.05 Å². The summed E-state index contributed by atoms with van der Waals surface area (Å²) in [5, 5.41) is 6.57. The molecule has 0 saturated carbocycles. The molecule has 0 aliphatic rings. The van der Waals surface area contributed by atoms with E-state index in [-0.39, 0.29) is 0 Å². The van der Waals surface area contributed by atoms with Crippen molar-refractivity contribution in [2.24, 2.45) is 4.99 Å². The van der Waals surface area contributed by atoms with Gasteiger partial charge in [-0.3, -0.25) is 4.99 Å². The number of hydrogen-bond donors (Lipinski definition) is 2. The number of benzene rings is 1. The van der Waals surface area contributed by atoms with Crippen LogP contribution in [0.15, 0.2) is 35.3 Å². The third-order valence-electron chi connectivity index (χ3n) is 3.73. The van der Waals surface area contributed by atoms with Gasteiger partial charge >= 0.3 is 0 Å². The molecule has 5 nitrogen and oxygen atoms in total. The van der Waals surface area contributed by atoms with Crippen LogP contribution in [0.3, 0.4) is 0 Å². The topological polar surface area (TPSA) is 48.9 Å². The summed E-state index contributed by atoms with van der Waals surface area (Å²) in [6.45, 7) is 7.65. The van der Waals surface area contributed by atoms with Crippen molar-refractivity contribution in [1.82, 2.24) is 15.5 Å². The molecule has 0 fully saturated rings. The molecule has 0 heterocycles. The molecule has 0 spiro atoms. The number of nitrogens with one attached hydrogen (secondary N) is 2. The van der Waals surface area contributed by atoms with E-state index in [0.29, 0.717) is 12.6 Å². The monoisotopic (exact) mass is 306 g/mol. The maximum Gasteiger partial charge on any atom is 0.191 e. The average molecular weight is 306 g/mol. The number of nitrogens with zero attached hydrogens (tertiary/aromatic N) is 2. The molecule has 2 N–H and O–H groups in total. The van der Waals surface area contributed by atoms with E-state index in [1.165, 1.54) is 6.42 Å². The maximum absolute atomic E-state index is 5.64. The number of para-hydroxylation sites is 1. The van der Waals surface area contributed by atoms with Crippen LogP contribution in [0.5, 0.6) is 5.75 Å². The van der Waals surface area contributed by atoms with Gasteiger partial charge in [0.2, 0.25) is 0 Å². The first-order valence-electron chi connectivity index (χ1n) is 8.00. The first-order valence-corrected chi connectivity index (χ1v) is 8.00. The predicted molar refractivity (Wildman–Crippen MR) is 93.7 cm³/mol. The zero-order valence-corrected chi connectivity index (χ0v) is 14.3. The molecule has 1 aromatic rings. The Morgan fingerprint density at radius 3 is 2.55 bits per heavy atom. The lowest BCUT2D eigenvalue weighted by atomic mass is 10.2. The lowest BCUT2D eigenvalue weighted by Gasteiger charge is -2.24. The number of likely N-dealkylation sites (N-methyl/N-ethyl adjacent to an activating group) is 1. The summed E-state index contributed by atoms with van der Waals surface area (Å²) in [4.78, 5) is 6.56. The van der Waals surface area contributed by atoms with Crippen molar-refractivity contribution >= 4 is 5.96 Å². The fourth-order valence-corrected chi connectivity index (χ4v) is 1.96. The molecule has 0 aliphatic carbocycles. The van der Waals surface area contributed by atoms with E-state index >= 15 is 0 Å². The van der Waals surface area contributed by atoms with Gasteiger partial charge in [-0.1, -0.05) is 25.1 Å². The fourth-order valence-electron chi connectivity index (χ4n) is 1.96. The zero-order valence-electron chi connectivity index (χ0n) is 14.3. The standard InChI is InChI=1S/C17H30N4O/c1-5-15(2)21(4)13-11-19-17(18-3)20-12-14-22-16-9-7-6-8-10-16/h6-10,15H,5,11-14H2,1-4H3,(H2,18,19,20). The molecule has 0 aromatic heterocycles. The Balaban J connectivity index is 2.15. The SMILES string of the molecule is CCC(C)N(C)CCNC(=NC)NCCOc1ccccc1. The van der Waals surface area contributed by atoms with Gasteiger partial charge in [-0.15, -0.1) is 0 Å². The third kappa shape index (κ3) is 7.31. The number of hydrogen-bond acceptors (Lipinski definition) is 3. The molecule has 0 saturated heterocycles. The Bertz CT molecular complexity index is 422. The minimum absolute atomic E-state index is 0.607. The van der Waals surface area contributed by atoms with E-state index < -0.39 is 0 Å². The Kier molecular flexibility index (Phi) is 9.07. The van der Waals surface area contributed by atoms with Gasteiger partial charge in [0.1, 0.15) is 12.4 Å². The molecule has 0 amide bonds. The van der Waals surface area contributed by atoms with Crippen LogP contribution in [-0.4, -0.2) is 57.2 Å². The highest BCUT2D eigenvalue weighted by molar-refractivity contribution is 5.79. The Morgan fingerprint density at radius 1 is 1.23 bits per heavy atom. The molecule has 5 heteroatoms. The summed E-state index contributed by atoms with van der Waals surface area (Å²) in [6.07, 6.45) is 1.17. The van der Waals surface area contributed by atoms with Crippen LogP contribution < -0.4 is 15.4 Å². The second kappa shape index (κ2) is 10.9. The van der Waals surface area contributed by atoms with Gasteiger partial charge < -0.3 is 20.3 Å². The summed E-state index contributed by atoms with van der Waals surface area (Å²) in [7, 11) is 3.94. The van der Waals surface area contributed by atoms with Gasteiger partial charge in [0.05, 0.1) is 6.54 Å². The van der Waals surface area contributed by atoms with Gasteiger partial charge in [0, 0.05) is 26.2 Å². The van der Waals surface area contributed by atoms with Crippen molar-refractivity contribution < 1.29 is 4.74 Å². The molecule has 0 aliphatic heterocycles. The van der Waals surface area contributed by atoms with Crippen molar-refractivity contribution in [3.8, 4) is 5.75 Å². The van der Waals surface area contributed by atoms with Gasteiger partial charge in [-0.2, -0.15) is 0 Å². The lowest BCUT2D eigenvalue weighted by Crippen LogP contribution is -2.43.